The van der Waals surface area contributed by atoms with E-state index in [1.54, 1.807) is 0 Å². The molecule has 0 spiro atoms. The van der Waals surface area contributed by atoms with Crippen molar-refractivity contribution in [2.24, 2.45) is 0 Å². The van der Waals surface area contributed by atoms with Crippen LogP contribution in [0.4, 0.5) is 0 Å². The molecule has 0 aliphatic carbocycles. The van der Waals surface area contributed by atoms with Crippen molar-refractivity contribution in [1.29, 1.82) is 0 Å². The number of benzene rings is 14. The maximum absolute atomic E-state index is 2.53. The molecule has 0 aliphatic heterocycles. The first-order valence-corrected chi connectivity index (χ1v) is 27.0. The molecular weight excluding hydrogens is 944 g/mol. The van der Waals surface area contributed by atoms with E-state index in [9.17, 15) is 0 Å². The molecule has 0 unspecified atom stereocenters. The molecule has 73 heavy (non-hydrogen) atoms. The Hall–Kier alpha value is -8.84. The Morgan fingerprint density at radius 2 is 0.521 bits per heavy atom. The van der Waals surface area contributed by atoms with Crippen molar-refractivity contribution in [1.82, 2.24) is 0 Å². The van der Waals surface area contributed by atoms with Gasteiger partial charge in [0.25, 0.3) is 0 Å². The molecule has 0 N–H and O–H groups in total. The minimum Gasteiger partial charge on any atom is -0.0617 e. The van der Waals surface area contributed by atoms with E-state index in [0.717, 1.165) is 0 Å². The van der Waals surface area contributed by atoms with Gasteiger partial charge >= 0.3 is 371 Å². The third-order valence-electron chi connectivity index (χ3n) is 15.5. The minimum atomic E-state index is 0.118. The van der Waals surface area contributed by atoms with E-state index in [-0.39, 0.29) is 14.5 Å². The van der Waals surface area contributed by atoms with Crippen molar-refractivity contribution in [3.63, 3.8) is 0 Å². The summed E-state index contributed by atoms with van der Waals surface area (Å²) in [6, 6.07) is 99.7. The van der Waals surface area contributed by atoms with Gasteiger partial charge in [0.1, 0.15) is 0 Å². The SMILES string of the molecule is c1ccc(-c2ccc(-c3c4ccccc4c(-c4ccc5c(c4)[se]c4cccc(-c6c7ccccc7c(-c7ccc(-c8ccccc8)c8ccccc78)c7ccccc67)c45)c4ccccc34)c3ccccc23)cc1. The summed E-state index contributed by atoms with van der Waals surface area (Å²) >= 11 is 0.118. The molecule has 15 aromatic rings. The number of hydrogen-bond donors (Lipinski definition) is 0. The smallest absolute Gasteiger partial charge is 0.0544 e. The van der Waals surface area contributed by atoms with Gasteiger partial charge in [0.05, 0.1) is 0 Å². The second-order valence-electron chi connectivity index (χ2n) is 19.3. The summed E-state index contributed by atoms with van der Waals surface area (Å²) in [5.41, 5.74) is 15.3. The zero-order valence-corrected chi connectivity index (χ0v) is 41.5. The summed E-state index contributed by atoms with van der Waals surface area (Å²) < 4.78 is 2.87. The second kappa shape index (κ2) is 16.9. The summed E-state index contributed by atoms with van der Waals surface area (Å²) in [4.78, 5) is 0. The summed E-state index contributed by atoms with van der Waals surface area (Å²) in [6.07, 6.45) is 0. The summed E-state index contributed by atoms with van der Waals surface area (Å²) in [7, 11) is 0. The first kappa shape index (κ1) is 41.9. The van der Waals surface area contributed by atoms with Gasteiger partial charge in [-0.3, -0.25) is 0 Å². The monoisotopic (exact) mass is 988 g/mol. The largest absolute Gasteiger partial charge is 0.0617 e. The van der Waals surface area contributed by atoms with E-state index in [1.807, 2.05) is 0 Å². The molecular formula is C72H44Se. The van der Waals surface area contributed by atoms with Gasteiger partial charge in [-0.15, -0.1) is 0 Å². The Labute approximate surface area is 429 Å². The second-order valence-corrected chi connectivity index (χ2v) is 21.6. The van der Waals surface area contributed by atoms with Gasteiger partial charge in [-0.05, 0) is 0 Å². The van der Waals surface area contributed by atoms with Gasteiger partial charge in [0.2, 0.25) is 0 Å². The molecule has 1 heterocycles. The fraction of sp³-hybridized carbons (Fsp3) is 0. The molecule has 14 aromatic carbocycles. The first-order valence-electron chi connectivity index (χ1n) is 25.2. The van der Waals surface area contributed by atoms with E-state index in [2.05, 4.69) is 267 Å². The van der Waals surface area contributed by atoms with Crippen molar-refractivity contribution in [3.8, 4) is 66.8 Å². The van der Waals surface area contributed by atoms with Crippen molar-refractivity contribution in [2.45, 2.75) is 0 Å². The average molecular weight is 988 g/mol. The van der Waals surface area contributed by atoms with Gasteiger partial charge in [0.15, 0.2) is 0 Å². The van der Waals surface area contributed by atoms with Crippen molar-refractivity contribution in [2.75, 3.05) is 0 Å². The van der Waals surface area contributed by atoms with E-state index in [0.29, 0.717) is 0 Å². The van der Waals surface area contributed by atoms with Crippen molar-refractivity contribution < 1.29 is 0 Å². The Morgan fingerprint density at radius 3 is 0.945 bits per heavy atom. The van der Waals surface area contributed by atoms with Crippen LogP contribution in [0.15, 0.2) is 267 Å². The normalized spacial score (nSPS) is 11.8. The molecule has 0 saturated carbocycles. The maximum Gasteiger partial charge on any atom is -0.0544 e. The van der Waals surface area contributed by atoms with Crippen molar-refractivity contribution >= 4 is 98.4 Å². The Morgan fingerprint density at radius 1 is 0.178 bits per heavy atom. The fourth-order valence-electron chi connectivity index (χ4n) is 12.4. The predicted molar refractivity (Wildman–Crippen MR) is 316 cm³/mol. The van der Waals surface area contributed by atoms with Gasteiger partial charge in [-0.2, -0.15) is 0 Å². The molecule has 0 bridgehead atoms. The van der Waals surface area contributed by atoms with Crippen LogP contribution in [0.5, 0.6) is 0 Å². The quantitative estimate of drug-likeness (QED) is 0.115. The topological polar surface area (TPSA) is 0 Å². The van der Waals surface area contributed by atoms with Gasteiger partial charge < -0.3 is 0 Å². The fourth-order valence-corrected chi connectivity index (χ4v) is 14.9. The molecule has 0 amide bonds. The standard InChI is InChI=1S/C72H44Se/c1-3-20-45(21-4-1)48-40-42-62(52-26-9-7-24-50(48)52)69-56-30-13-11-28-54(56)68(55-29-12-14-31-57(55)69)47-38-39-64-67(44-47)73-66-37-19-36-65(72(64)66)71-60-34-17-15-32-58(60)70(59-33-16-18-35-61(59)71)63-43-41-49(46-22-5-2-6-23-46)51-25-8-10-27-53(51)63/h1-44H. The Bertz CT molecular complexity index is 4600. The van der Waals surface area contributed by atoms with Crippen LogP contribution in [0.2, 0.25) is 0 Å². The van der Waals surface area contributed by atoms with E-state index >= 15 is 0 Å². The van der Waals surface area contributed by atoms with Crippen LogP contribution in [-0.2, 0) is 0 Å². The Kier molecular flexibility index (Phi) is 9.70. The molecule has 15 rings (SSSR count). The molecule has 338 valence electrons. The first-order chi connectivity index (χ1) is 36.3. The van der Waals surface area contributed by atoms with Crippen LogP contribution >= 0.6 is 0 Å². The van der Waals surface area contributed by atoms with E-state index in [4.69, 9.17) is 0 Å². The van der Waals surface area contributed by atoms with Crippen LogP contribution in [-0.4, -0.2) is 14.5 Å². The zero-order chi connectivity index (χ0) is 48.0. The summed E-state index contributed by atoms with van der Waals surface area (Å²) in [6.45, 7) is 0. The zero-order valence-electron chi connectivity index (χ0n) is 39.8. The van der Waals surface area contributed by atoms with Gasteiger partial charge in [-0.1, -0.05) is 60.7 Å². The summed E-state index contributed by atoms with van der Waals surface area (Å²) in [5.74, 6) is 0. The maximum atomic E-state index is 2.53. The molecule has 0 radical (unpaired) electrons. The molecule has 1 aromatic heterocycles. The number of fused-ring (bicyclic) bond motifs is 9. The van der Waals surface area contributed by atoms with E-state index < -0.39 is 0 Å². The minimum absolute atomic E-state index is 0.118. The number of rotatable bonds is 6. The molecule has 1 heteroatoms. The van der Waals surface area contributed by atoms with Crippen LogP contribution < -0.4 is 0 Å². The summed E-state index contributed by atoms with van der Waals surface area (Å²) in [5, 5.41) is 18.0. The van der Waals surface area contributed by atoms with Crippen LogP contribution in [0, 0.1) is 0 Å². The average Bonchev–Trinajstić information content (AvgIpc) is 3.84. The van der Waals surface area contributed by atoms with Crippen LogP contribution in [0.25, 0.3) is 151 Å². The van der Waals surface area contributed by atoms with Crippen molar-refractivity contribution in [3.05, 3.63) is 267 Å². The molecule has 0 aliphatic rings. The molecule has 0 nitrogen and oxygen atoms in total. The predicted octanol–water partition coefficient (Wildman–Crippen LogP) is 20.0. The van der Waals surface area contributed by atoms with Gasteiger partial charge in [-0.25, -0.2) is 0 Å². The molecule has 0 saturated heterocycles. The molecule has 0 atom stereocenters. The van der Waals surface area contributed by atoms with Crippen LogP contribution in [0.3, 0.4) is 0 Å². The van der Waals surface area contributed by atoms with Crippen LogP contribution in [0.1, 0.15) is 0 Å². The third kappa shape index (κ3) is 6.53. The number of hydrogen-bond acceptors (Lipinski definition) is 0. The van der Waals surface area contributed by atoms with Gasteiger partial charge in [0, 0.05) is 0 Å². The molecule has 0 fully saturated rings. The third-order valence-corrected chi connectivity index (χ3v) is 17.8. The van der Waals surface area contributed by atoms with E-state index in [1.165, 1.54) is 151 Å². The Balaban J connectivity index is 0.928.